The van der Waals surface area contributed by atoms with Gasteiger partial charge in [0.25, 0.3) is 0 Å². The average molecular weight is 442 g/mol. The van der Waals surface area contributed by atoms with Gasteiger partial charge in [-0.15, -0.1) is 10.2 Å². The number of aromatic nitrogens is 3. The predicted molar refractivity (Wildman–Crippen MR) is 117 cm³/mol. The van der Waals surface area contributed by atoms with E-state index in [0.717, 1.165) is 54.8 Å². The lowest BCUT2D eigenvalue weighted by Crippen LogP contribution is -2.28. The first-order chi connectivity index (χ1) is 15.1. The Morgan fingerprint density at radius 2 is 1.74 bits per heavy atom. The SMILES string of the molecule is O=C(Cc1ccc(F)cc1)NCCc1nnc2n1CCN(Cc1ccc(Cl)cc1)CC2. The molecule has 0 fully saturated rings. The van der Waals surface area contributed by atoms with Crippen molar-refractivity contribution in [2.45, 2.75) is 32.4 Å². The van der Waals surface area contributed by atoms with Crippen LogP contribution in [0.3, 0.4) is 0 Å². The summed E-state index contributed by atoms with van der Waals surface area (Å²) in [6.07, 6.45) is 1.70. The predicted octanol–water partition coefficient (Wildman–Crippen LogP) is 3.03. The second kappa shape index (κ2) is 10.0. The van der Waals surface area contributed by atoms with E-state index < -0.39 is 0 Å². The molecule has 1 N–H and O–H groups in total. The zero-order valence-electron chi connectivity index (χ0n) is 17.2. The highest BCUT2D eigenvalue weighted by Gasteiger charge is 2.18. The van der Waals surface area contributed by atoms with Crippen LogP contribution in [-0.4, -0.2) is 45.2 Å². The van der Waals surface area contributed by atoms with Crippen LogP contribution in [0, 0.1) is 5.82 Å². The Hall–Kier alpha value is -2.77. The third-order valence-corrected chi connectivity index (χ3v) is 5.72. The monoisotopic (exact) mass is 441 g/mol. The molecule has 0 saturated carbocycles. The van der Waals surface area contributed by atoms with E-state index in [-0.39, 0.29) is 18.1 Å². The lowest BCUT2D eigenvalue weighted by Gasteiger charge is -2.19. The van der Waals surface area contributed by atoms with Crippen LogP contribution >= 0.6 is 11.6 Å². The molecule has 1 aliphatic rings. The lowest BCUT2D eigenvalue weighted by atomic mass is 10.1. The molecule has 4 rings (SSSR count). The van der Waals surface area contributed by atoms with E-state index in [1.165, 1.54) is 17.7 Å². The van der Waals surface area contributed by atoms with Crippen LogP contribution in [0.4, 0.5) is 4.39 Å². The lowest BCUT2D eigenvalue weighted by molar-refractivity contribution is -0.120. The van der Waals surface area contributed by atoms with Gasteiger partial charge in [0.05, 0.1) is 6.42 Å². The molecule has 0 saturated heterocycles. The van der Waals surface area contributed by atoms with Crippen molar-refractivity contribution < 1.29 is 9.18 Å². The smallest absolute Gasteiger partial charge is 0.224 e. The Kier molecular flexibility index (Phi) is 6.94. The van der Waals surface area contributed by atoms with Crippen molar-refractivity contribution in [2.24, 2.45) is 0 Å². The van der Waals surface area contributed by atoms with Gasteiger partial charge in [0.2, 0.25) is 5.91 Å². The van der Waals surface area contributed by atoms with Crippen LogP contribution in [0.15, 0.2) is 48.5 Å². The highest BCUT2D eigenvalue weighted by atomic mass is 35.5. The summed E-state index contributed by atoms with van der Waals surface area (Å²) in [4.78, 5) is 14.6. The number of benzene rings is 2. The summed E-state index contributed by atoms with van der Waals surface area (Å²) in [5, 5.41) is 12.4. The van der Waals surface area contributed by atoms with E-state index in [1.807, 2.05) is 12.1 Å². The highest BCUT2D eigenvalue weighted by Crippen LogP contribution is 2.15. The minimum absolute atomic E-state index is 0.0867. The molecule has 8 heteroatoms. The van der Waals surface area contributed by atoms with Gasteiger partial charge in [-0.3, -0.25) is 9.69 Å². The van der Waals surface area contributed by atoms with E-state index in [4.69, 9.17) is 11.6 Å². The molecule has 3 aromatic rings. The van der Waals surface area contributed by atoms with Gasteiger partial charge in [-0.25, -0.2) is 4.39 Å². The van der Waals surface area contributed by atoms with Crippen LogP contribution in [-0.2, 0) is 37.1 Å². The molecule has 0 radical (unpaired) electrons. The molecular weight excluding hydrogens is 417 g/mol. The molecule has 31 heavy (non-hydrogen) atoms. The normalized spacial score (nSPS) is 14.1. The fraction of sp³-hybridized carbons (Fsp3) is 0.348. The van der Waals surface area contributed by atoms with E-state index in [9.17, 15) is 9.18 Å². The van der Waals surface area contributed by atoms with Gasteiger partial charge >= 0.3 is 0 Å². The quantitative estimate of drug-likeness (QED) is 0.612. The number of hydrogen-bond acceptors (Lipinski definition) is 4. The van der Waals surface area contributed by atoms with Crippen LogP contribution < -0.4 is 5.32 Å². The van der Waals surface area contributed by atoms with Crippen molar-refractivity contribution in [1.82, 2.24) is 25.0 Å². The van der Waals surface area contributed by atoms with Gasteiger partial charge < -0.3 is 9.88 Å². The topological polar surface area (TPSA) is 63.1 Å². The summed E-state index contributed by atoms with van der Waals surface area (Å²) in [5.74, 6) is 1.50. The fourth-order valence-electron chi connectivity index (χ4n) is 3.78. The molecule has 0 bridgehead atoms. The number of hydrogen-bond donors (Lipinski definition) is 1. The molecule has 0 unspecified atom stereocenters. The van der Waals surface area contributed by atoms with Gasteiger partial charge in [0, 0.05) is 50.6 Å². The number of rotatable bonds is 7. The highest BCUT2D eigenvalue weighted by molar-refractivity contribution is 6.30. The molecular formula is C23H25ClFN5O. The molecule has 0 atom stereocenters. The number of carbonyl (C=O) groups is 1. The average Bonchev–Trinajstić information content (AvgIpc) is 3.03. The number of nitrogens with zero attached hydrogens (tertiary/aromatic N) is 4. The van der Waals surface area contributed by atoms with E-state index in [0.29, 0.717) is 13.0 Å². The summed E-state index contributed by atoms with van der Waals surface area (Å²) in [7, 11) is 0. The second-order valence-electron chi connectivity index (χ2n) is 7.74. The zero-order valence-corrected chi connectivity index (χ0v) is 18.0. The molecule has 0 spiro atoms. The Labute approximate surface area is 186 Å². The number of fused-ring (bicyclic) bond motifs is 1. The van der Waals surface area contributed by atoms with Gasteiger partial charge in [-0.2, -0.15) is 0 Å². The molecule has 1 amide bonds. The third-order valence-electron chi connectivity index (χ3n) is 5.46. The zero-order chi connectivity index (χ0) is 21.6. The maximum absolute atomic E-state index is 13.0. The summed E-state index contributed by atoms with van der Waals surface area (Å²) in [5.41, 5.74) is 2.03. The second-order valence-corrected chi connectivity index (χ2v) is 8.18. The number of carbonyl (C=O) groups excluding carboxylic acids is 1. The summed E-state index contributed by atoms with van der Waals surface area (Å²) >= 11 is 5.98. The largest absolute Gasteiger partial charge is 0.355 e. The summed E-state index contributed by atoms with van der Waals surface area (Å²) in [6, 6.07) is 14.0. The van der Waals surface area contributed by atoms with Crippen molar-refractivity contribution in [3.8, 4) is 0 Å². The van der Waals surface area contributed by atoms with Crippen LogP contribution in [0.2, 0.25) is 5.02 Å². The molecule has 162 valence electrons. The first kappa shape index (κ1) is 21.5. The van der Waals surface area contributed by atoms with Gasteiger partial charge in [-0.05, 0) is 35.4 Å². The minimum atomic E-state index is -0.302. The third kappa shape index (κ3) is 5.89. The van der Waals surface area contributed by atoms with Gasteiger partial charge in [0.15, 0.2) is 0 Å². The molecule has 1 aromatic heterocycles. The van der Waals surface area contributed by atoms with Crippen molar-refractivity contribution in [1.29, 1.82) is 0 Å². The van der Waals surface area contributed by atoms with Crippen molar-refractivity contribution >= 4 is 17.5 Å². The number of nitrogens with one attached hydrogen (secondary N) is 1. The van der Waals surface area contributed by atoms with Crippen LogP contribution in [0.5, 0.6) is 0 Å². The first-order valence-electron chi connectivity index (χ1n) is 10.5. The minimum Gasteiger partial charge on any atom is -0.355 e. The molecule has 1 aliphatic heterocycles. The summed E-state index contributed by atoms with van der Waals surface area (Å²) < 4.78 is 15.1. The van der Waals surface area contributed by atoms with E-state index in [1.54, 1.807) is 12.1 Å². The maximum Gasteiger partial charge on any atom is 0.224 e. The standard InChI is InChI=1S/C23H25ClFN5O/c24-19-5-1-18(2-6-19)16-29-12-10-22-28-27-21(30(22)14-13-29)9-11-26-23(31)15-17-3-7-20(25)8-4-17/h1-8H,9-16H2,(H,26,31). The molecule has 2 heterocycles. The first-order valence-corrected chi connectivity index (χ1v) is 10.8. The molecule has 0 aliphatic carbocycles. The Morgan fingerprint density at radius 3 is 2.52 bits per heavy atom. The Morgan fingerprint density at radius 1 is 1.00 bits per heavy atom. The Bertz CT molecular complexity index is 1020. The van der Waals surface area contributed by atoms with E-state index in [2.05, 4.69) is 37.1 Å². The maximum atomic E-state index is 13.0. The number of amides is 1. The van der Waals surface area contributed by atoms with Crippen molar-refractivity contribution in [3.63, 3.8) is 0 Å². The van der Waals surface area contributed by atoms with Gasteiger partial charge in [-0.1, -0.05) is 35.9 Å². The van der Waals surface area contributed by atoms with Crippen molar-refractivity contribution in [2.75, 3.05) is 19.6 Å². The van der Waals surface area contributed by atoms with Crippen LogP contribution in [0.1, 0.15) is 22.8 Å². The van der Waals surface area contributed by atoms with Crippen molar-refractivity contribution in [3.05, 3.63) is 82.1 Å². The fourth-order valence-corrected chi connectivity index (χ4v) is 3.91. The molecule has 6 nitrogen and oxygen atoms in total. The summed E-state index contributed by atoms with van der Waals surface area (Å²) in [6.45, 7) is 4.04. The van der Waals surface area contributed by atoms with Crippen LogP contribution in [0.25, 0.3) is 0 Å². The van der Waals surface area contributed by atoms with Gasteiger partial charge in [0.1, 0.15) is 17.5 Å². The molecule has 2 aromatic carbocycles. The Balaban J connectivity index is 1.26. The number of halogens is 2. The van der Waals surface area contributed by atoms with E-state index >= 15 is 0 Å².